The molecule has 1 aliphatic rings. The van der Waals surface area contributed by atoms with Crippen molar-refractivity contribution in [3.05, 3.63) is 64.1 Å². The van der Waals surface area contributed by atoms with Gasteiger partial charge in [0.25, 0.3) is 5.91 Å². The normalized spacial score (nSPS) is 17.4. The minimum absolute atomic E-state index is 0.144. The molecule has 2 aromatic carbocycles. The second-order valence-corrected chi connectivity index (χ2v) is 6.47. The highest BCUT2D eigenvalue weighted by Gasteiger charge is 2.24. The molecular formula is C19H18N2O2S. The number of amides is 1. The number of nitrogens with zero attached hydrogens (tertiary/aromatic N) is 1. The van der Waals surface area contributed by atoms with Crippen LogP contribution in [0.25, 0.3) is 6.08 Å². The molecule has 1 fully saturated rings. The van der Waals surface area contributed by atoms with Crippen LogP contribution in [0.2, 0.25) is 0 Å². The van der Waals surface area contributed by atoms with Crippen molar-refractivity contribution >= 4 is 34.6 Å². The Bertz CT molecular complexity index is 856. The summed E-state index contributed by atoms with van der Waals surface area (Å²) >= 11 is 1.34. The van der Waals surface area contributed by atoms with Crippen LogP contribution in [0, 0.1) is 13.8 Å². The average Bonchev–Trinajstić information content (AvgIpc) is 2.92. The van der Waals surface area contributed by atoms with Crippen LogP contribution in [0.3, 0.4) is 0 Å². The Kier molecular flexibility index (Phi) is 4.71. The summed E-state index contributed by atoms with van der Waals surface area (Å²) in [5.41, 5.74) is 4.03. The van der Waals surface area contributed by atoms with Crippen molar-refractivity contribution in [1.29, 1.82) is 0 Å². The molecule has 122 valence electrons. The molecule has 0 radical (unpaired) electrons. The first-order valence-corrected chi connectivity index (χ1v) is 8.39. The maximum atomic E-state index is 12.2. The SMILES string of the molecule is COc1ccccc1/C=C1/SC(=Nc2cccc(C)c2C)NC1=O. The van der Waals surface area contributed by atoms with Crippen LogP contribution in [0.4, 0.5) is 5.69 Å². The number of carbonyl (C=O) groups excluding carboxylic acids is 1. The van der Waals surface area contributed by atoms with E-state index in [4.69, 9.17) is 4.74 Å². The highest BCUT2D eigenvalue weighted by Crippen LogP contribution is 2.31. The van der Waals surface area contributed by atoms with Gasteiger partial charge in [-0.05, 0) is 54.9 Å². The van der Waals surface area contributed by atoms with Crippen LogP contribution < -0.4 is 10.1 Å². The Morgan fingerprint density at radius 2 is 1.92 bits per heavy atom. The largest absolute Gasteiger partial charge is 0.496 e. The fraction of sp³-hybridized carbons (Fsp3) is 0.158. The molecule has 1 aliphatic heterocycles. The highest BCUT2D eigenvalue weighted by atomic mass is 32.2. The van der Waals surface area contributed by atoms with E-state index in [1.165, 1.54) is 17.3 Å². The molecule has 1 amide bonds. The molecule has 0 aromatic heterocycles. The lowest BCUT2D eigenvalue weighted by molar-refractivity contribution is -0.115. The van der Waals surface area contributed by atoms with Gasteiger partial charge < -0.3 is 10.1 Å². The van der Waals surface area contributed by atoms with E-state index >= 15 is 0 Å². The van der Waals surface area contributed by atoms with Crippen molar-refractivity contribution < 1.29 is 9.53 Å². The smallest absolute Gasteiger partial charge is 0.264 e. The third kappa shape index (κ3) is 3.36. The number of carbonyl (C=O) groups is 1. The second kappa shape index (κ2) is 6.93. The molecule has 24 heavy (non-hydrogen) atoms. The number of aliphatic imine (C=N–C) groups is 1. The number of methoxy groups -OCH3 is 1. The van der Waals surface area contributed by atoms with E-state index in [0.717, 1.165) is 22.6 Å². The molecule has 0 aliphatic carbocycles. The number of nitrogens with one attached hydrogen (secondary N) is 1. The number of ether oxygens (including phenoxy) is 1. The van der Waals surface area contributed by atoms with E-state index < -0.39 is 0 Å². The summed E-state index contributed by atoms with van der Waals surface area (Å²) in [7, 11) is 1.62. The lowest BCUT2D eigenvalue weighted by Gasteiger charge is -2.04. The van der Waals surface area contributed by atoms with E-state index in [1.807, 2.05) is 62.4 Å². The number of hydrogen-bond donors (Lipinski definition) is 1. The van der Waals surface area contributed by atoms with Crippen molar-refractivity contribution in [3.63, 3.8) is 0 Å². The van der Waals surface area contributed by atoms with E-state index in [0.29, 0.717) is 10.1 Å². The lowest BCUT2D eigenvalue weighted by atomic mass is 10.1. The van der Waals surface area contributed by atoms with Crippen LogP contribution >= 0.6 is 11.8 Å². The summed E-state index contributed by atoms with van der Waals surface area (Å²) in [5.74, 6) is 0.591. The van der Waals surface area contributed by atoms with E-state index in [-0.39, 0.29) is 5.91 Å². The maximum Gasteiger partial charge on any atom is 0.264 e. The Balaban J connectivity index is 1.90. The monoisotopic (exact) mass is 338 g/mol. The zero-order valence-electron chi connectivity index (χ0n) is 13.8. The number of rotatable bonds is 3. The fourth-order valence-corrected chi connectivity index (χ4v) is 3.20. The summed E-state index contributed by atoms with van der Waals surface area (Å²) in [6, 6.07) is 13.6. The number of amidine groups is 1. The summed E-state index contributed by atoms with van der Waals surface area (Å²) < 4.78 is 5.33. The molecule has 0 unspecified atom stereocenters. The van der Waals surface area contributed by atoms with Crippen LogP contribution in [0.15, 0.2) is 52.4 Å². The Morgan fingerprint density at radius 1 is 1.12 bits per heavy atom. The molecule has 5 heteroatoms. The quantitative estimate of drug-likeness (QED) is 0.853. The predicted octanol–water partition coefficient (Wildman–Crippen LogP) is 4.20. The van der Waals surface area contributed by atoms with Gasteiger partial charge in [-0.2, -0.15) is 0 Å². The van der Waals surface area contributed by atoms with Crippen molar-refractivity contribution in [2.75, 3.05) is 7.11 Å². The van der Waals surface area contributed by atoms with Gasteiger partial charge in [0.1, 0.15) is 5.75 Å². The third-order valence-corrected chi connectivity index (χ3v) is 4.78. The number of benzene rings is 2. The molecule has 0 bridgehead atoms. The maximum absolute atomic E-state index is 12.2. The van der Waals surface area contributed by atoms with Gasteiger partial charge >= 0.3 is 0 Å². The lowest BCUT2D eigenvalue weighted by Crippen LogP contribution is -2.19. The first-order valence-electron chi connectivity index (χ1n) is 7.57. The van der Waals surface area contributed by atoms with Crippen molar-refractivity contribution in [1.82, 2.24) is 5.32 Å². The molecule has 1 saturated heterocycles. The van der Waals surface area contributed by atoms with Gasteiger partial charge in [0.05, 0.1) is 17.7 Å². The highest BCUT2D eigenvalue weighted by molar-refractivity contribution is 8.18. The summed E-state index contributed by atoms with van der Waals surface area (Å²) in [4.78, 5) is 17.4. The van der Waals surface area contributed by atoms with Crippen LogP contribution in [0.1, 0.15) is 16.7 Å². The molecule has 1 heterocycles. The van der Waals surface area contributed by atoms with E-state index in [1.54, 1.807) is 7.11 Å². The van der Waals surface area contributed by atoms with Gasteiger partial charge in [0.15, 0.2) is 5.17 Å². The van der Waals surface area contributed by atoms with Gasteiger partial charge in [0, 0.05) is 5.56 Å². The molecule has 3 rings (SSSR count). The molecular weight excluding hydrogens is 320 g/mol. The topological polar surface area (TPSA) is 50.7 Å². The minimum atomic E-state index is -0.144. The van der Waals surface area contributed by atoms with Gasteiger partial charge in [-0.15, -0.1) is 0 Å². The van der Waals surface area contributed by atoms with Crippen LogP contribution in [-0.2, 0) is 4.79 Å². The zero-order valence-corrected chi connectivity index (χ0v) is 14.6. The predicted molar refractivity (Wildman–Crippen MR) is 99.7 cm³/mol. The third-order valence-electron chi connectivity index (χ3n) is 3.87. The van der Waals surface area contributed by atoms with Crippen molar-refractivity contribution in [3.8, 4) is 5.75 Å². The first-order chi connectivity index (χ1) is 11.6. The minimum Gasteiger partial charge on any atom is -0.496 e. The van der Waals surface area contributed by atoms with Gasteiger partial charge in [-0.3, -0.25) is 4.79 Å². The van der Waals surface area contributed by atoms with E-state index in [2.05, 4.69) is 10.3 Å². The standard InChI is InChI=1S/C19H18N2O2S/c1-12-7-6-9-15(13(12)2)20-19-21-18(22)17(24-19)11-14-8-4-5-10-16(14)23-3/h4-11H,1-3H3,(H,20,21,22)/b17-11+. The number of para-hydroxylation sites is 1. The fourth-order valence-electron chi connectivity index (χ4n) is 2.37. The van der Waals surface area contributed by atoms with Gasteiger partial charge in [-0.25, -0.2) is 4.99 Å². The number of thioether (sulfide) groups is 1. The Labute approximate surface area is 145 Å². The van der Waals surface area contributed by atoms with Crippen LogP contribution in [0.5, 0.6) is 5.75 Å². The number of hydrogen-bond acceptors (Lipinski definition) is 4. The Morgan fingerprint density at radius 3 is 2.71 bits per heavy atom. The summed E-state index contributed by atoms with van der Waals surface area (Å²) in [6.07, 6.45) is 1.82. The van der Waals surface area contributed by atoms with Crippen molar-refractivity contribution in [2.24, 2.45) is 4.99 Å². The summed E-state index contributed by atoms with van der Waals surface area (Å²) in [5, 5.41) is 3.41. The molecule has 0 atom stereocenters. The van der Waals surface area contributed by atoms with Crippen molar-refractivity contribution in [2.45, 2.75) is 13.8 Å². The molecule has 0 spiro atoms. The number of aryl methyl sites for hydroxylation is 1. The Hall–Kier alpha value is -2.53. The van der Waals surface area contributed by atoms with Gasteiger partial charge in [0.2, 0.25) is 0 Å². The molecule has 1 N–H and O–H groups in total. The van der Waals surface area contributed by atoms with E-state index in [9.17, 15) is 4.79 Å². The van der Waals surface area contributed by atoms with Crippen LogP contribution in [-0.4, -0.2) is 18.2 Å². The first kappa shape index (κ1) is 16.3. The zero-order chi connectivity index (χ0) is 17.1. The molecule has 2 aromatic rings. The van der Waals surface area contributed by atoms with Gasteiger partial charge in [-0.1, -0.05) is 30.3 Å². The summed E-state index contributed by atoms with van der Waals surface area (Å²) in [6.45, 7) is 4.08. The molecule has 4 nitrogen and oxygen atoms in total. The molecule has 0 saturated carbocycles. The second-order valence-electron chi connectivity index (χ2n) is 5.44. The average molecular weight is 338 g/mol.